The number of hydrogen-bond donors (Lipinski definition) is 1. The summed E-state index contributed by atoms with van der Waals surface area (Å²) in [5, 5.41) is 4.79. The minimum absolute atomic E-state index is 0.0148. The van der Waals surface area contributed by atoms with Gasteiger partial charge in [-0.25, -0.2) is 0 Å². The van der Waals surface area contributed by atoms with E-state index in [-0.39, 0.29) is 6.04 Å². The molecule has 1 N–H and O–H groups in total. The van der Waals surface area contributed by atoms with Gasteiger partial charge in [-0.15, -0.1) is 0 Å². The Labute approximate surface area is 143 Å². The lowest BCUT2D eigenvalue weighted by Crippen LogP contribution is -2.22. The van der Waals surface area contributed by atoms with Gasteiger partial charge < -0.3 is 10.1 Å². The van der Waals surface area contributed by atoms with Gasteiger partial charge in [-0.2, -0.15) is 0 Å². The molecular weight excluding hydrogens is 373 g/mol. The van der Waals surface area contributed by atoms with Crippen molar-refractivity contribution in [2.45, 2.75) is 13.0 Å². The number of hydrogen-bond acceptors (Lipinski definition) is 2. The molecule has 0 aliphatic carbocycles. The van der Waals surface area contributed by atoms with Crippen LogP contribution in [0.15, 0.2) is 40.9 Å². The summed E-state index contributed by atoms with van der Waals surface area (Å²) < 4.78 is 6.08. The van der Waals surface area contributed by atoms with Crippen LogP contribution >= 0.6 is 39.1 Å². The maximum atomic E-state index is 6.40. The second kappa shape index (κ2) is 7.50. The molecule has 2 nitrogen and oxygen atoms in total. The third kappa shape index (κ3) is 3.92. The van der Waals surface area contributed by atoms with E-state index in [0.29, 0.717) is 10.0 Å². The molecule has 0 aliphatic rings. The molecule has 1 atom stereocenters. The Bertz CT molecular complexity index is 634. The van der Waals surface area contributed by atoms with Crippen LogP contribution in [0.1, 0.15) is 24.1 Å². The van der Waals surface area contributed by atoms with Crippen LogP contribution in [-0.2, 0) is 0 Å². The van der Waals surface area contributed by atoms with Gasteiger partial charge in [0.2, 0.25) is 0 Å². The molecule has 0 heterocycles. The second-order valence-corrected chi connectivity index (χ2v) is 6.22. The molecule has 0 aromatic heterocycles. The minimum Gasteiger partial charge on any atom is -0.497 e. The van der Waals surface area contributed by atoms with E-state index >= 15 is 0 Å². The van der Waals surface area contributed by atoms with Gasteiger partial charge in [-0.05, 0) is 57.9 Å². The number of nitrogens with one attached hydrogen (secondary N) is 1. The van der Waals surface area contributed by atoms with E-state index in [1.165, 1.54) is 0 Å². The Morgan fingerprint density at radius 2 is 1.90 bits per heavy atom. The molecule has 0 fully saturated rings. The first-order chi connectivity index (χ1) is 10.1. The Morgan fingerprint density at radius 3 is 2.48 bits per heavy atom. The SMILES string of the molecule is CCNC(c1ccc(Br)c(Cl)c1)c1ccc(OC)cc1Cl. The highest BCUT2D eigenvalue weighted by Gasteiger charge is 2.17. The monoisotopic (exact) mass is 387 g/mol. The quantitative estimate of drug-likeness (QED) is 0.733. The van der Waals surface area contributed by atoms with Gasteiger partial charge in [0.25, 0.3) is 0 Å². The smallest absolute Gasteiger partial charge is 0.120 e. The van der Waals surface area contributed by atoms with Gasteiger partial charge in [0.15, 0.2) is 0 Å². The summed E-state index contributed by atoms with van der Waals surface area (Å²) in [4.78, 5) is 0. The van der Waals surface area contributed by atoms with Crippen LogP contribution in [0.4, 0.5) is 0 Å². The molecule has 1 unspecified atom stereocenters. The fraction of sp³-hybridized carbons (Fsp3) is 0.250. The van der Waals surface area contributed by atoms with Crippen LogP contribution in [0.3, 0.4) is 0 Å². The van der Waals surface area contributed by atoms with Gasteiger partial charge >= 0.3 is 0 Å². The maximum absolute atomic E-state index is 6.40. The zero-order chi connectivity index (χ0) is 15.4. The summed E-state index contributed by atoms with van der Waals surface area (Å²) in [7, 11) is 1.63. The van der Waals surface area contributed by atoms with Crippen molar-refractivity contribution in [2.24, 2.45) is 0 Å². The molecule has 0 saturated carbocycles. The summed E-state index contributed by atoms with van der Waals surface area (Å²) in [6.07, 6.45) is 0. The Morgan fingerprint density at radius 1 is 1.14 bits per heavy atom. The van der Waals surface area contributed by atoms with E-state index in [0.717, 1.165) is 27.9 Å². The summed E-state index contributed by atoms with van der Waals surface area (Å²) in [5.74, 6) is 0.743. The number of benzene rings is 2. The number of ether oxygens (including phenoxy) is 1. The molecule has 0 amide bonds. The van der Waals surface area contributed by atoms with E-state index in [9.17, 15) is 0 Å². The first-order valence-electron chi connectivity index (χ1n) is 6.58. The van der Waals surface area contributed by atoms with Gasteiger partial charge in [-0.3, -0.25) is 0 Å². The summed E-state index contributed by atoms with van der Waals surface area (Å²) in [6, 6.07) is 11.6. The largest absolute Gasteiger partial charge is 0.497 e. The highest BCUT2D eigenvalue weighted by atomic mass is 79.9. The van der Waals surface area contributed by atoms with E-state index < -0.39 is 0 Å². The van der Waals surface area contributed by atoms with E-state index in [4.69, 9.17) is 27.9 Å². The Kier molecular flexibility index (Phi) is 5.94. The lowest BCUT2D eigenvalue weighted by atomic mass is 9.98. The average molecular weight is 389 g/mol. The van der Waals surface area contributed by atoms with Crippen LogP contribution in [0.5, 0.6) is 5.75 Å². The predicted molar refractivity (Wildman–Crippen MR) is 92.7 cm³/mol. The third-order valence-corrected chi connectivity index (χ3v) is 4.76. The molecule has 21 heavy (non-hydrogen) atoms. The lowest BCUT2D eigenvalue weighted by molar-refractivity contribution is 0.414. The first kappa shape index (κ1) is 16.6. The normalized spacial score (nSPS) is 12.2. The maximum Gasteiger partial charge on any atom is 0.120 e. The molecule has 0 bridgehead atoms. The summed E-state index contributed by atoms with van der Waals surface area (Å²) in [6.45, 7) is 2.88. The summed E-state index contributed by atoms with van der Waals surface area (Å²) in [5.41, 5.74) is 2.06. The highest BCUT2D eigenvalue weighted by Crippen LogP contribution is 2.33. The van der Waals surface area contributed by atoms with Crippen molar-refractivity contribution in [2.75, 3.05) is 13.7 Å². The topological polar surface area (TPSA) is 21.3 Å². The average Bonchev–Trinajstić information content (AvgIpc) is 2.48. The van der Waals surface area contributed by atoms with E-state index in [1.54, 1.807) is 7.11 Å². The van der Waals surface area contributed by atoms with Gasteiger partial charge in [-0.1, -0.05) is 42.3 Å². The van der Waals surface area contributed by atoms with Crippen molar-refractivity contribution in [3.05, 3.63) is 62.0 Å². The number of halogens is 3. The lowest BCUT2D eigenvalue weighted by Gasteiger charge is -2.21. The third-order valence-electron chi connectivity index (χ3n) is 3.20. The molecule has 2 rings (SSSR count). The highest BCUT2D eigenvalue weighted by molar-refractivity contribution is 9.10. The van der Waals surface area contributed by atoms with Crippen molar-refractivity contribution in [1.29, 1.82) is 0 Å². The fourth-order valence-corrected chi connectivity index (χ4v) is 2.89. The van der Waals surface area contributed by atoms with Crippen LogP contribution in [0.2, 0.25) is 10.0 Å². The van der Waals surface area contributed by atoms with Crippen LogP contribution in [-0.4, -0.2) is 13.7 Å². The first-order valence-corrected chi connectivity index (χ1v) is 8.13. The molecule has 112 valence electrons. The summed E-state index contributed by atoms with van der Waals surface area (Å²) >= 11 is 16.0. The molecular formula is C16H16BrCl2NO. The van der Waals surface area contributed by atoms with Gasteiger partial charge in [0.05, 0.1) is 18.2 Å². The zero-order valence-electron chi connectivity index (χ0n) is 11.8. The molecule has 0 radical (unpaired) electrons. The number of rotatable bonds is 5. The fourth-order valence-electron chi connectivity index (χ4n) is 2.17. The van der Waals surface area contributed by atoms with Crippen molar-refractivity contribution < 1.29 is 4.74 Å². The van der Waals surface area contributed by atoms with Crippen LogP contribution in [0.25, 0.3) is 0 Å². The Hall–Kier alpha value is -0.740. The van der Waals surface area contributed by atoms with Crippen molar-refractivity contribution in [3.8, 4) is 5.75 Å². The molecule has 2 aromatic carbocycles. The van der Waals surface area contributed by atoms with Crippen molar-refractivity contribution in [3.63, 3.8) is 0 Å². The van der Waals surface area contributed by atoms with Crippen LogP contribution in [0, 0.1) is 0 Å². The van der Waals surface area contributed by atoms with Gasteiger partial charge in [0, 0.05) is 9.50 Å². The van der Waals surface area contributed by atoms with Crippen molar-refractivity contribution >= 4 is 39.1 Å². The van der Waals surface area contributed by atoms with Crippen LogP contribution < -0.4 is 10.1 Å². The number of methoxy groups -OCH3 is 1. The van der Waals surface area contributed by atoms with E-state index in [2.05, 4.69) is 28.2 Å². The molecule has 0 aliphatic heterocycles. The zero-order valence-corrected chi connectivity index (χ0v) is 14.9. The molecule has 2 aromatic rings. The second-order valence-electron chi connectivity index (χ2n) is 4.55. The van der Waals surface area contributed by atoms with E-state index in [1.807, 2.05) is 36.4 Å². The standard InChI is InChI=1S/C16H16BrCl2NO/c1-3-20-16(10-4-7-13(17)15(19)8-10)12-6-5-11(21-2)9-14(12)18/h4-9,16,20H,3H2,1-2H3. The molecule has 5 heteroatoms. The molecule has 0 saturated heterocycles. The Balaban J connectivity index is 2.45. The van der Waals surface area contributed by atoms with Gasteiger partial charge in [0.1, 0.15) is 5.75 Å². The van der Waals surface area contributed by atoms with Crippen molar-refractivity contribution in [1.82, 2.24) is 5.32 Å². The minimum atomic E-state index is -0.0148. The molecule has 0 spiro atoms. The predicted octanol–water partition coefficient (Wildman–Crippen LogP) is 5.46.